The van der Waals surface area contributed by atoms with Gasteiger partial charge in [0, 0.05) is 30.2 Å². The summed E-state index contributed by atoms with van der Waals surface area (Å²) in [6, 6.07) is 6.28. The van der Waals surface area contributed by atoms with Crippen molar-refractivity contribution < 1.29 is 0 Å². The van der Waals surface area contributed by atoms with Crippen LogP contribution in [0.4, 0.5) is 11.4 Å². The number of rotatable bonds is 4. The first kappa shape index (κ1) is 10.7. The van der Waals surface area contributed by atoms with E-state index in [-0.39, 0.29) is 0 Å². The molecule has 0 saturated heterocycles. The third kappa shape index (κ3) is 2.40. The van der Waals surface area contributed by atoms with Gasteiger partial charge in [-0.3, -0.25) is 0 Å². The molecule has 2 nitrogen and oxygen atoms in total. The lowest BCUT2D eigenvalue weighted by Crippen LogP contribution is -2.23. The number of hydrogen-bond donors (Lipinski definition) is 1. The molecule has 0 saturated carbocycles. The molecule has 1 aliphatic rings. The van der Waals surface area contributed by atoms with Crippen LogP contribution in [0.5, 0.6) is 0 Å². The van der Waals surface area contributed by atoms with Crippen LogP contribution in [-0.4, -0.2) is 24.6 Å². The summed E-state index contributed by atoms with van der Waals surface area (Å²) in [4.78, 5) is 2.45. The van der Waals surface area contributed by atoms with E-state index in [4.69, 9.17) is 5.73 Å². The third-order valence-corrected chi connectivity index (χ3v) is 3.69. The van der Waals surface area contributed by atoms with Crippen LogP contribution < -0.4 is 10.6 Å². The molecule has 0 spiro atoms. The van der Waals surface area contributed by atoms with Crippen molar-refractivity contribution in [2.75, 3.05) is 35.2 Å². The van der Waals surface area contributed by atoms with Gasteiger partial charge in [0.05, 0.1) is 0 Å². The first-order valence-corrected chi connectivity index (χ1v) is 6.68. The van der Waals surface area contributed by atoms with Crippen molar-refractivity contribution in [1.82, 2.24) is 0 Å². The molecule has 82 valence electrons. The number of benzene rings is 1. The molecule has 0 aliphatic carbocycles. The van der Waals surface area contributed by atoms with Crippen LogP contribution in [0.25, 0.3) is 0 Å². The van der Waals surface area contributed by atoms with Crippen LogP contribution in [0.1, 0.15) is 12.5 Å². The summed E-state index contributed by atoms with van der Waals surface area (Å²) in [7, 11) is 0. The van der Waals surface area contributed by atoms with Gasteiger partial charge in [-0.2, -0.15) is 11.8 Å². The van der Waals surface area contributed by atoms with Gasteiger partial charge in [-0.15, -0.1) is 0 Å². The maximum absolute atomic E-state index is 5.82. The van der Waals surface area contributed by atoms with E-state index in [1.807, 2.05) is 17.8 Å². The normalized spacial score (nSPS) is 14.3. The fourth-order valence-electron chi connectivity index (χ4n) is 2.01. The Morgan fingerprint density at radius 1 is 1.47 bits per heavy atom. The monoisotopic (exact) mass is 222 g/mol. The van der Waals surface area contributed by atoms with E-state index in [1.165, 1.54) is 29.2 Å². The van der Waals surface area contributed by atoms with Crippen LogP contribution in [0.15, 0.2) is 18.2 Å². The van der Waals surface area contributed by atoms with Crippen molar-refractivity contribution in [2.24, 2.45) is 0 Å². The van der Waals surface area contributed by atoms with Crippen molar-refractivity contribution in [3.63, 3.8) is 0 Å². The molecular formula is C12H18N2S. The third-order valence-electron chi connectivity index (χ3n) is 2.81. The predicted octanol–water partition coefficient (Wildman–Crippen LogP) is 2.38. The molecule has 0 fully saturated rings. The van der Waals surface area contributed by atoms with E-state index in [0.717, 1.165) is 18.8 Å². The smallest absolute Gasteiger partial charge is 0.0420 e. The van der Waals surface area contributed by atoms with Crippen LogP contribution in [0.2, 0.25) is 0 Å². The fourth-order valence-corrected chi connectivity index (χ4v) is 2.65. The molecular weight excluding hydrogens is 204 g/mol. The molecule has 15 heavy (non-hydrogen) atoms. The minimum atomic E-state index is 0.879. The molecule has 1 aromatic rings. The molecule has 2 rings (SSSR count). The first-order chi connectivity index (χ1) is 7.31. The van der Waals surface area contributed by atoms with Crippen molar-refractivity contribution in [3.8, 4) is 0 Å². The lowest BCUT2D eigenvalue weighted by molar-refractivity contribution is 0.874. The minimum Gasteiger partial charge on any atom is -0.399 e. The highest BCUT2D eigenvalue weighted by Crippen LogP contribution is 2.29. The molecule has 1 heterocycles. The quantitative estimate of drug-likeness (QED) is 0.626. The number of nitrogen functional groups attached to an aromatic ring is 1. The standard InChI is InChI=1S/C12H18N2S/c1-2-15-8-7-14-6-5-10-3-4-11(13)9-12(10)14/h3-4,9H,2,5-8,13H2,1H3. The van der Waals surface area contributed by atoms with E-state index >= 15 is 0 Å². The summed E-state index contributed by atoms with van der Waals surface area (Å²) in [5.41, 5.74) is 9.50. The van der Waals surface area contributed by atoms with E-state index in [2.05, 4.69) is 24.0 Å². The minimum absolute atomic E-state index is 0.879. The molecule has 0 aromatic heterocycles. The van der Waals surface area contributed by atoms with Gasteiger partial charge in [0.15, 0.2) is 0 Å². The summed E-state index contributed by atoms with van der Waals surface area (Å²) in [5, 5.41) is 0. The van der Waals surface area contributed by atoms with E-state index < -0.39 is 0 Å². The Balaban J connectivity index is 2.03. The Morgan fingerprint density at radius 3 is 3.13 bits per heavy atom. The Kier molecular flexibility index (Phi) is 3.41. The zero-order valence-corrected chi connectivity index (χ0v) is 10.0. The van der Waals surface area contributed by atoms with E-state index in [9.17, 15) is 0 Å². The second-order valence-electron chi connectivity index (χ2n) is 3.82. The highest BCUT2D eigenvalue weighted by atomic mass is 32.2. The van der Waals surface area contributed by atoms with Gasteiger partial charge in [0.2, 0.25) is 0 Å². The average molecular weight is 222 g/mol. The average Bonchev–Trinajstić information content (AvgIpc) is 2.62. The Morgan fingerprint density at radius 2 is 2.33 bits per heavy atom. The second kappa shape index (κ2) is 4.79. The van der Waals surface area contributed by atoms with Crippen molar-refractivity contribution in [1.29, 1.82) is 0 Å². The summed E-state index contributed by atoms with van der Waals surface area (Å²) in [6.07, 6.45) is 1.17. The fraction of sp³-hybridized carbons (Fsp3) is 0.500. The molecule has 0 radical (unpaired) electrons. The SMILES string of the molecule is CCSCCN1CCc2ccc(N)cc21. The van der Waals surface area contributed by atoms with Crippen LogP contribution in [0, 0.1) is 0 Å². The zero-order valence-electron chi connectivity index (χ0n) is 9.20. The largest absolute Gasteiger partial charge is 0.399 e. The van der Waals surface area contributed by atoms with Crippen molar-refractivity contribution in [2.45, 2.75) is 13.3 Å². The maximum atomic E-state index is 5.82. The number of nitrogens with two attached hydrogens (primary N) is 1. The van der Waals surface area contributed by atoms with Gasteiger partial charge in [-0.05, 0) is 29.9 Å². The first-order valence-electron chi connectivity index (χ1n) is 5.52. The molecule has 2 N–H and O–H groups in total. The van der Waals surface area contributed by atoms with Gasteiger partial charge in [0.1, 0.15) is 0 Å². The van der Waals surface area contributed by atoms with Gasteiger partial charge in [-0.1, -0.05) is 13.0 Å². The lowest BCUT2D eigenvalue weighted by Gasteiger charge is -2.19. The maximum Gasteiger partial charge on any atom is 0.0420 e. The Hall–Kier alpha value is -0.830. The number of hydrogen-bond acceptors (Lipinski definition) is 3. The van der Waals surface area contributed by atoms with Crippen molar-refractivity contribution in [3.05, 3.63) is 23.8 Å². The Bertz CT molecular complexity index is 338. The molecule has 0 atom stereocenters. The van der Waals surface area contributed by atoms with Crippen LogP contribution in [-0.2, 0) is 6.42 Å². The van der Waals surface area contributed by atoms with E-state index in [0.29, 0.717) is 0 Å². The highest BCUT2D eigenvalue weighted by molar-refractivity contribution is 7.99. The molecule has 0 amide bonds. The van der Waals surface area contributed by atoms with Gasteiger partial charge < -0.3 is 10.6 Å². The van der Waals surface area contributed by atoms with Gasteiger partial charge in [0.25, 0.3) is 0 Å². The number of nitrogens with zero attached hydrogens (tertiary/aromatic N) is 1. The molecule has 0 bridgehead atoms. The van der Waals surface area contributed by atoms with Crippen LogP contribution in [0.3, 0.4) is 0 Å². The molecule has 3 heteroatoms. The molecule has 0 unspecified atom stereocenters. The molecule has 1 aromatic carbocycles. The van der Waals surface area contributed by atoms with E-state index in [1.54, 1.807) is 0 Å². The Labute approximate surface area is 95.8 Å². The number of thioether (sulfide) groups is 1. The van der Waals surface area contributed by atoms with Gasteiger partial charge in [-0.25, -0.2) is 0 Å². The summed E-state index contributed by atoms with van der Waals surface area (Å²) in [6.45, 7) is 4.51. The summed E-state index contributed by atoms with van der Waals surface area (Å²) in [5.74, 6) is 2.42. The second-order valence-corrected chi connectivity index (χ2v) is 5.22. The van der Waals surface area contributed by atoms with Crippen LogP contribution >= 0.6 is 11.8 Å². The van der Waals surface area contributed by atoms with Crippen molar-refractivity contribution >= 4 is 23.1 Å². The zero-order chi connectivity index (χ0) is 10.7. The highest BCUT2D eigenvalue weighted by Gasteiger charge is 2.18. The topological polar surface area (TPSA) is 29.3 Å². The molecule has 1 aliphatic heterocycles. The van der Waals surface area contributed by atoms with Gasteiger partial charge >= 0.3 is 0 Å². The summed E-state index contributed by atoms with van der Waals surface area (Å²) < 4.78 is 0. The number of fused-ring (bicyclic) bond motifs is 1. The summed E-state index contributed by atoms with van der Waals surface area (Å²) >= 11 is 2.00. The lowest BCUT2D eigenvalue weighted by atomic mass is 10.1. The number of anilines is 2. The predicted molar refractivity (Wildman–Crippen MR) is 69.8 cm³/mol.